The van der Waals surface area contributed by atoms with Gasteiger partial charge in [0.05, 0.1) is 10.9 Å². The maximum absolute atomic E-state index is 13.8. The molecule has 0 N–H and O–H groups in total. The van der Waals surface area contributed by atoms with Crippen LogP contribution in [0, 0.1) is 5.82 Å². The van der Waals surface area contributed by atoms with Gasteiger partial charge in [-0.1, -0.05) is 76.6 Å². The van der Waals surface area contributed by atoms with Gasteiger partial charge < -0.3 is 9.32 Å². The topological polar surface area (TPSA) is 66.7 Å². The highest BCUT2D eigenvalue weighted by molar-refractivity contribution is 9.10. The lowest BCUT2D eigenvalue weighted by atomic mass is 9.96. The second-order valence-corrected chi connectivity index (χ2v) is 12.6. The zero-order valence-corrected chi connectivity index (χ0v) is 24.4. The molecule has 4 aromatic carbocycles. The van der Waals surface area contributed by atoms with Gasteiger partial charge in [0, 0.05) is 36.2 Å². The minimum absolute atomic E-state index is 0.0648. The molecule has 9 heteroatoms. The molecule has 1 fully saturated rings. The van der Waals surface area contributed by atoms with Crippen molar-refractivity contribution in [1.29, 1.82) is 0 Å². The molecule has 2 heterocycles. The molecule has 5 aromatic rings. The van der Waals surface area contributed by atoms with Crippen LogP contribution in [0.5, 0.6) is 0 Å². The number of hydrogen-bond donors (Lipinski definition) is 0. The van der Waals surface area contributed by atoms with Crippen LogP contribution in [0.3, 0.4) is 0 Å². The average Bonchev–Trinajstić information content (AvgIpc) is 3.46. The van der Waals surface area contributed by atoms with Gasteiger partial charge in [0.25, 0.3) is 0 Å². The molecular formula is C32H27BrFN3O3S. The first-order valence-corrected chi connectivity index (χ1v) is 15.5. The molecule has 0 spiro atoms. The summed E-state index contributed by atoms with van der Waals surface area (Å²) in [6.45, 7) is 2.44. The Morgan fingerprint density at radius 3 is 1.88 bits per heavy atom. The zero-order valence-electron chi connectivity index (χ0n) is 22.0. The van der Waals surface area contributed by atoms with Crippen LogP contribution in [0.1, 0.15) is 17.2 Å². The number of oxazole rings is 1. The van der Waals surface area contributed by atoms with Crippen LogP contribution in [0.4, 0.5) is 10.3 Å². The normalized spacial score (nSPS) is 14.5. The van der Waals surface area contributed by atoms with Gasteiger partial charge in [0.1, 0.15) is 5.82 Å². The Hall–Kier alpha value is -3.79. The first-order chi connectivity index (χ1) is 19.9. The van der Waals surface area contributed by atoms with E-state index in [9.17, 15) is 12.8 Å². The summed E-state index contributed by atoms with van der Waals surface area (Å²) in [4.78, 5) is 8.92. The Bertz CT molecular complexity index is 1680. The predicted octanol–water partition coefficient (Wildman–Crippen LogP) is 6.99. The second-order valence-electron chi connectivity index (χ2n) is 9.84. The lowest BCUT2D eigenvalue weighted by Crippen LogP contribution is -2.48. The fourth-order valence-corrected chi connectivity index (χ4v) is 6.77. The van der Waals surface area contributed by atoms with Crippen molar-refractivity contribution in [2.75, 3.05) is 31.1 Å². The lowest BCUT2D eigenvalue weighted by Gasteiger charge is -2.39. The number of benzene rings is 4. The van der Waals surface area contributed by atoms with E-state index >= 15 is 0 Å². The fraction of sp³-hybridized carbons (Fsp3) is 0.156. The fourth-order valence-electron chi connectivity index (χ4n) is 5.18. The molecule has 0 bridgehead atoms. The molecule has 208 valence electrons. The molecule has 1 aromatic heterocycles. The van der Waals surface area contributed by atoms with Crippen molar-refractivity contribution in [3.8, 4) is 11.5 Å². The molecule has 0 atom stereocenters. The van der Waals surface area contributed by atoms with Crippen molar-refractivity contribution >= 4 is 31.7 Å². The number of aromatic nitrogens is 1. The SMILES string of the molecule is O=S(=O)(c1ccc(Br)cc1)c1nc(-c2ccc(F)cc2)oc1N1CCN(C(c2ccccc2)c2ccccc2)CC1. The number of anilines is 1. The number of sulfone groups is 1. The highest BCUT2D eigenvalue weighted by Crippen LogP contribution is 2.37. The maximum atomic E-state index is 13.8. The third-order valence-electron chi connectivity index (χ3n) is 7.25. The first-order valence-electron chi connectivity index (χ1n) is 13.3. The van der Waals surface area contributed by atoms with E-state index in [0.29, 0.717) is 31.7 Å². The number of halogens is 2. The molecule has 0 amide bonds. The van der Waals surface area contributed by atoms with Gasteiger partial charge in [0.15, 0.2) is 0 Å². The van der Waals surface area contributed by atoms with E-state index in [4.69, 9.17) is 4.42 Å². The third-order valence-corrected chi connectivity index (χ3v) is 9.44. The van der Waals surface area contributed by atoms with Crippen molar-refractivity contribution in [3.05, 3.63) is 131 Å². The molecule has 1 aliphatic heterocycles. The quantitative estimate of drug-likeness (QED) is 0.193. The van der Waals surface area contributed by atoms with Gasteiger partial charge in [-0.25, -0.2) is 12.8 Å². The van der Waals surface area contributed by atoms with Crippen molar-refractivity contribution in [2.24, 2.45) is 0 Å². The van der Waals surface area contributed by atoms with Gasteiger partial charge in [-0.3, -0.25) is 4.90 Å². The number of piperazine rings is 1. The van der Waals surface area contributed by atoms with Crippen LogP contribution < -0.4 is 4.90 Å². The summed E-state index contributed by atoms with van der Waals surface area (Å²) in [6.07, 6.45) is 0. The maximum Gasteiger partial charge on any atom is 0.236 e. The Morgan fingerprint density at radius 2 is 1.32 bits per heavy atom. The Kier molecular flexibility index (Phi) is 7.75. The molecule has 1 aliphatic rings. The summed E-state index contributed by atoms with van der Waals surface area (Å²) in [5.41, 5.74) is 2.89. The highest BCUT2D eigenvalue weighted by Gasteiger charge is 2.34. The van der Waals surface area contributed by atoms with Crippen molar-refractivity contribution < 1.29 is 17.2 Å². The minimum atomic E-state index is -4.00. The van der Waals surface area contributed by atoms with E-state index in [1.807, 2.05) is 41.3 Å². The van der Waals surface area contributed by atoms with Crippen LogP contribution in [0.2, 0.25) is 0 Å². The molecule has 1 saturated heterocycles. The number of nitrogens with zero attached hydrogens (tertiary/aromatic N) is 3. The lowest BCUT2D eigenvalue weighted by molar-refractivity contribution is 0.209. The Labute approximate surface area is 247 Å². The van der Waals surface area contributed by atoms with E-state index in [1.165, 1.54) is 47.5 Å². The zero-order chi connectivity index (χ0) is 28.4. The van der Waals surface area contributed by atoms with Gasteiger partial charge in [-0.05, 0) is 59.7 Å². The Balaban J connectivity index is 1.34. The highest BCUT2D eigenvalue weighted by atomic mass is 79.9. The van der Waals surface area contributed by atoms with Crippen LogP contribution >= 0.6 is 15.9 Å². The molecule has 41 heavy (non-hydrogen) atoms. The summed E-state index contributed by atoms with van der Waals surface area (Å²) in [6, 6.07) is 32.9. The largest absolute Gasteiger partial charge is 0.419 e. The van der Waals surface area contributed by atoms with Crippen LogP contribution in [0.15, 0.2) is 128 Å². The van der Waals surface area contributed by atoms with Crippen molar-refractivity contribution in [2.45, 2.75) is 16.0 Å². The van der Waals surface area contributed by atoms with Gasteiger partial charge in [0.2, 0.25) is 26.6 Å². The second kappa shape index (κ2) is 11.6. The smallest absolute Gasteiger partial charge is 0.236 e. The summed E-state index contributed by atoms with van der Waals surface area (Å²) >= 11 is 3.36. The third kappa shape index (κ3) is 5.70. The van der Waals surface area contributed by atoms with E-state index in [0.717, 1.165) is 4.47 Å². The predicted molar refractivity (Wildman–Crippen MR) is 160 cm³/mol. The molecule has 6 rings (SSSR count). The molecule has 0 radical (unpaired) electrons. The van der Waals surface area contributed by atoms with Crippen molar-refractivity contribution in [3.63, 3.8) is 0 Å². The van der Waals surface area contributed by atoms with Gasteiger partial charge >= 0.3 is 0 Å². The summed E-state index contributed by atoms with van der Waals surface area (Å²) in [5, 5.41) is -0.143. The monoisotopic (exact) mass is 631 g/mol. The van der Waals surface area contributed by atoms with Crippen LogP contribution in [0.25, 0.3) is 11.5 Å². The summed E-state index contributed by atoms with van der Waals surface area (Å²) in [5.74, 6) is -0.0711. The van der Waals surface area contributed by atoms with E-state index in [-0.39, 0.29) is 27.7 Å². The van der Waals surface area contributed by atoms with Crippen LogP contribution in [-0.4, -0.2) is 44.5 Å². The summed E-state index contributed by atoms with van der Waals surface area (Å²) < 4.78 is 48.2. The minimum Gasteiger partial charge on any atom is -0.419 e. The van der Waals surface area contributed by atoms with E-state index in [2.05, 4.69) is 50.1 Å². The molecule has 0 saturated carbocycles. The van der Waals surface area contributed by atoms with Crippen LogP contribution in [-0.2, 0) is 9.84 Å². The number of hydrogen-bond acceptors (Lipinski definition) is 6. The van der Waals surface area contributed by atoms with Gasteiger partial charge in [-0.2, -0.15) is 4.98 Å². The average molecular weight is 633 g/mol. The standard InChI is InChI=1S/C32H27BrFN3O3S/c33-26-13-17-28(18-14-26)41(38,39)31-32(40-30(35-31)25-11-15-27(34)16-12-25)37-21-19-36(20-22-37)29(23-7-3-1-4-8-23)24-9-5-2-6-10-24/h1-18,29H,19-22H2. The van der Waals surface area contributed by atoms with Crippen molar-refractivity contribution in [1.82, 2.24) is 9.88 Å². The van der Waals surface area contributed by atoms with Gasteiger partial charge in [-0.15, -0.1) is 0 Å². The molecule has 0 unspecified atom stereocenters. The first kappa shape index (κ1) is 27.4. The molecule has 0 aliphatic carbocycles. The summed E-state index contributed by atoms with van der Waals surface area (Å²) in [7, 11) is -4.00. The Morgan fingerprint density at radius 1 is 0.756 bits per heavy atom. The number of rotatable bonds is 7. The molecular weight excluding hydrogens is 605 g/mol. The van der Waals surface area contributed by atoms with E-state index in [1.54, 1.807) is 12.1 Å². The molecule has 6 nitrogen and oxygen atoms in total. The van der Waals surface area contributed by atoms with E-state index < -0.39 is 15.7 Å².